The fourth-order valence-corrected chi connectivity index (χ4v) is 4.25. The van der Waals surface area contributed by atoms with E-state index in [0.29, 0.717) is 18.3 Å². The van der Waals surface area contributed by atoms with Gasteiger partial charge < -0.3 is 15.5 Å². The molecule has 2 saturated heterocycles. The van der Waals surface area contributed by atoms with Gasteiger partial charge in [-0.15, -0.1) is 0 Å². The molecule has 25 heavy (non-hydrogen) atoms. The van der Waals surface area contributed by atoms with Crippen molar-refractivity contribution < 1.29 is 9.59 Å². The van der Waals surface area contributed by atoms with Crippen LogP contribution in [0, 0.1) is 25.7 Å². The molecule has 2 unspecified atom stereocenters. The molecule has 2 aliphatic rings. The fourth-order valence-electron chi connectivity index (χ4n) is 4.25. The number of likely N-dealkylation sites (tertiary alicyclic amines) is 2. The molecule has 0 aromatic carbocycles. The van der Waals surface area contributed by atoms with Gasteiger partial charge in [-0.3, -0.25) is 14.6 Å². The van der Waals surface area contributed by atoms with Crippen LogP contribution in [-0.4, -0.2) is 59.3 Å². The maximum atomic E-state index is 12.9. The highest BCUT2D eigenvalue weighted by molar-refractivity contribution is 5.96. The van der Waals surface area contributed by atoms with Crippen molar-refractivity contribution in [3.05, 3.63) is 29.1 Å². The highest BCUT2D eigenvalue weighted by atomic mass is 16.2. The number of hydrogen-bond acceptors (Lipinski definition) is 4. The standard InChI is InChI=1S/C19H28N4O2/c1-13-6-7-21-14(2)18(13)19(25)23-11-15-9-22(10-16(15)12-23)8-4-3-5-17(20)24/h6-7,15-16H,3-5,8-12H2,1-2H3,(H2,20,24). The SMILES string of the molecule is Cc1ccnc(C)c1C(=O)N1CC2CN(CCCCC(N)=O)CC2C1. The lowest BCUT2D eigenvalue weighted by Crippen LogP contribution is -2.34. The fraction of sp³-hybridized carbons (Fsp3) is 0.632. The predicted molar refractivity (Wildman–Crippen MR) is 96.1 cm³/mol. The Hall–Kier alpha value is -1.95. The number of pyridine rings is 1. The summed E-state index contributed by atoms with van der Waals surface area (Å²) >= 11 is 0. The molecule has 2 atom stereocenters. The summed E-state index contributed by atoms with van der Waals surface area (Å²) in [5, 5.41) is 0. The number of nitrogens with two attached hydrogens (primary N) is 1. The summed E-state index contributed by atoms with van der Waals surface area (Å²) in [5.74, 6) is 1.05. The van der Waals surface area contributed by atoms with E-state index in [2.05, 4.69) is 9.88 Å². The number of fused-ring (bicyclic) bond motifs is 1. The Labute approximate surface area is 149 Å². The van der Waals surface area contributed by atoms with Crippen LogP contribution in [-0.2, 0) is 4.79 Å². The second-order valence-electron chi connectivity index (χ2n) is 7.50. The number of amides is 2. The summed E-state index contributed by atoms with van der Waals surface area (Å²) < 4.78 is 0. The molecule has 1 aromatic heterocycles. The van der Waals surface area contributed by atoms with Crippen molar-refractivity contribution in [2.24, 2.45) is 17.6 Å². The topological polar surface area (TPSA) is 79.5 Å². The first-order chi connectivity index (χ1) is 12.0. The van der Waals surface area contributed by atoms with Crippen molar-refractivity contribution in [1.29, 1.82) is 0 Å². The molecule has 0 radical (unpaired) electrons. The number of hydrogen-bond donors (Lipinski definition) is 1. The third-order valence-electron chi connectivity index (χ3n) is 5.56. The molecule has 3 heterocycles. The zero-order chi connectivity index (χ0) is 18.0. The zero-order valence-corrected chi connectivity index (χ0v) is 15.2. The lowest BCUT2D eigenvalue weighted by Gasteiger charge is -2.22. The summed E-state index contributed by atoms with van der Waals surface area (Å²) in [6.07, 6.45) is 4.12. The summed E-state index contributed by atoms with van der Waals surface area (Å²) in [5.41, 5.74) is 7.77. The lowest BCUT2D eigenvalue weighted by molar-refractivity contribution is -0.118. The molecule has 2 amide bonds. The second kappa shape index (κ2) is 7.52. The third kappa shape index (κ3) is 4.00. The van der Waals surface area contributed by atoms with Gasteiger partial charge >= 0.3 is 0 Å². The van der Waals surface area contributed by atoms with E-state index in [1.807, 2.05) is 24.8 Å². The van der Waals surface area contributed by atoms with Crippen LogP contribution >= 0.6 is 0 Å². The van der Waals surface area contributed by atoms with E-state index >= 15 is 0 Å². The molecule has 2 aliphatic heterocycles. The van der Waals surface area contributed by atoms with Crippen molar-refractivity contribution in [3.63, 3.8) is 0 Å². The van der Waals surface area contributed by atoms with Gasteiger partial charge in [-0.1, -0.05) is 0 Å². The smallest absolute Gasteiger partial charge is 0.255 e. The monoisotopic (exact) mass is 344 g/mol. The van der Waals surface area contributed by atoms with Crippen molar-refractivity contribution >= 4 is 11.8 Å². The summed E-state index contributed by atoms with van der Waals surface area (Å²) in [6, 6.07) is 1.91. The highest BCUT2D eigenvalue weighted by Crippen LogP contribution is 2.32. The minimum absolute atomic E-state index is 0.130. The van der Waals surface area contributed by atoms with Crippen molar-refractivity contribution in [2.75, 3.05) is 32.7 Å². The Bertz CT molecular complexity index is 627. The highest BCUT2D eigenvalue weighted by Gasteiger charge is 2.41. The van der Waals surface area contributed by atoms with E-state index in [0.717, 1.165) is 62.4 Å². The molecule has 1 aromatic rings. The van der Waals surface area contributed by atoms with Crippen LogP contribution in [0.5, 0.6) is 0 Å². The van der Waals surface area contributed by atoms with E-state index < -0.39 is 0 Å². The Kier molecular flexibility index (Phi) is 5.37. The maximum absolute atomic E-state index is 12.9. The molecule has 2 N–H and O–H groups in total. The first-order valence-corrected chi connectivity index (χ1v) is 9.18. The van der Waals surface area contributed by atoms with Gasteiger partial charge in [0.05, 0.1) is 11.3 Å². The summed E-state index contributed by atoms with van der Waals surface area (Å²) in [6.45, 7) is 8.70. The van der Waals surface area contributed by atoms with Crippen LogP contribution in [0.15, 0.2) is 12.3 Å². The Morgan fingerprint density at radius 3 is 2.44 bits per heavy atom. The maximum Gasteiger partial charge on any atom is 0.255 e. The molecule has 0 spiro atoms. The van der Waals surface area contributed by atoms with Gasteiger partial charge in [-0.2, -0.15) is 0 Å². The third-order valence-corrected chi connectivity index (χ3v) is 5.56. The largest absolute Gasteiger partial charge is 0.370 e. The molecule has 136 valence electrons. The van der Waals surface area contributed by atoms with Crippen LogP contribution in [0.1, 0.15) is 40.9 Å². The molecular weight excluding hydrogens is 316 g/mol. The second-order valence-corrected chi connectivity index (χ2v) is 7.50. The van der Waals surface area contributed by atoms with Gasteiger partial charge in [-0.25, -0.2) is 0 Å². The van der Waals surface area contributed by atoms with Gasteiger partial charge in [0.2, 0.25) is 5.91 Å². The molecule has 0 bridgehead atoms. The molecule has 6 nitrogen and oxygen atoms in total. The van der Waals surface area contributed by atoms with Crippen LogP contribution < -0.4 is 5.73 Å². The Morgan fingerprint density at radius 2 is 1.84 bits per heavy atom. The number of rotatable bonds is 6. The molecule has 2 fully saturated rings. The number of primary amides is 1. The number of carbonyl (C=O) groups excluding carboxylic acids is 2. The molecule has 6 heteroatoms. The van der Waals surface area contributed by atoms with E-state index in [1.165, 1.54) is 0 Å². The first-order valence-electron chi connectivity index (χ1n) is 9.18. The number of nitrogens with zero attached hydrogens (tertiary/aromatic N) is 3. The molecular formula is C19H28N4O2. The van der Waals surface area contributed by atoms with E-state index in [-0.39, 0.29) is 11.8 Å². The lowest BCUT2D eigenvalue weighted by atomic mass is 10.0. The Balaban J connectivity index is 1.51. The van der Waals surface area contributed by atoms with Gasteiger partial charge in [0, 0.05) is 38.8 Å². The van der Waals surface area contributed by atoms with E-state index in [1.54, 1.807) is 6.20 Å². The van der Waals surface area contributed by atoms with Gasteiger partial charge in [0.15, 0.2) is 0 Å². The van der Waals surface area contributed by atoms with Crippen LogP contribution in [0.25, 0.3) is 0 Å². The van der Waals surface area contributed by atoms with Crippen molar-refractivity contribution in [1.82, 2.24) is 14.8 Å². The van der Waals surface area contributed by atoms with Crippen LogP contribution in [0.3, 0.4) is 0 Å². The predicted octanol–water partition coefficient (Wildman–Crippen LogP) is 1.36. The summed E-state index contributed by atoms with van der Waals surface area (Å²) in [4.78, 5) is 32.5. The number of aromatic nitrogens is 1. The molecule has 3 rings (SSSR count). The zero-order valence-electron chi connectivity index (χ0n) is 15.2. The van der Waals surface area contributed by atoms with Gasteiger partial charge in [-0.05, 0) is 56.7 Å². The van der Waals surface area contributed by atoms with Crippen LogP contribution in [0.4, 0.5) is 0 Å². The normalized spacial score (nSPS) is 23.0. The van der Waals surface area contributed by atoms with E-state index in [9.17, 15) is 9.59 Å². The molecule has 0 saturated carbocycles. The van der Waals surface area contributed by atoms with Crippen molar-refractivity contribution in [2.45, 2.75) is 33.1 Å². The molecule has 0 aliphatic carbocycles. The average Bonchev–Trinajstić information content (AvgIpc) is 3.09. The average molecular weight is 344 g/mol. The Morgan fingerprint density at radius 1 is 1.16 bits per heavy atom. The number of carbonyl (C=O) groups is 2. The number of unbranched alkanes of at least 4 members (excludes halogenated alkanes) is 1. The van der Waals surface area contributed by atoms with Crippen molar-refractivity contribution in [3.8, 4) is 0 Å². The van der Waals surface area contributed by atoms with Gasteiger partial charge in [0.25, 0.3) is 5.91 Å². The minimum atomic E-state index is -0.214. The first kappa shape index (κ1) is 17.9. The van der Waals surface area contributed by atoms with E-state index in [4.69, 9.17) is 5.73 Å². The minimum Gasteiger partial charge on any atom is -0.370 e. The van der Waals surface area contributed by atoms with Gasteiger partial charge in [0.1, 0.15) is 0 Å². The summed E-state index contributed by atoms with van der Waals surface area (Å²) in [7, 11) is 0. The number of aryl methyl sites for hydroxylation is 2. The van der Waals surface area contributed by atoms with Crippen LogP contribution in [0.2, 0.25) is 0 Å². The quantitative estimate of drug-likeness (QED) is 0.790.